The fraction of sp³-hybridized carbons (Fsp3) is 0.929. The van der Waals surface area contributed by atoms with Gasteiger partial charge in [0.1, 0.15) is 0 Å². The van der Waals surface area contributed by atoms with Crippen LogP contribution in [-0.2, 0) is 0 Å². The molecule has 1 saturated carbocycles. The van der Waals surface area contributed by atoms with Crippen LogP contribution in [0.5, 0.6) is 0 Å². The van der Waals surface area contributed by atoms with Gasteiger partial charge in [0.15, 0.2) is 0 Å². The van der Waals surface area contributed by atoms with E-state index < -0.39 is 0 Å². The third kappa shape index (κ3) is 5.67. The molecule has 0 unspecified atom stereocenters. The minimum atomic E-state index is 1.05. The van der Waals surface area contributed by atoms with Crippen molar-refractivity contribution in [2.24, 2.45) is 5.92 Å². The van der Waals surface area contributed by atoms with E-state index in [0.717, 1.165) is 5.92 Å². The zero-order chi connectivity index (χ0) is 10.1. The molecule has 0 aliphatic heterocycles. The van der Waals surface area contributed by atoms with Crippen molar-refractivity contribution in [3.05, 3.63) is 6.42 Å². The van der Waals surface area contributed by atoms with Crippen molar-refractivity contribution in [1.82, 2.24) is 0 Å². The van der Waals surface area contributed by atoms with Gasteiger partial charge in [0.2, 0.25) is 0 Å². The Balaban J connectivity index is 1.82. The molecular weight excluding hydrogens is 168 g/mol. The van der Waals surface area contributed by atoms with Crippen molar-refractivity contribution >= 4 is 0 Å². The number of unbranched alkanes of at least 4 members (excludes halogenated alkanes) is 5. The Morgan fingerprint density at radius 3 is 2.50 bits per heavy atom. The summed E-state index contributed by atoms with van der Waals surface area (Å²) in [6.45, 7) is 2.28. The fourth-order valence-corrected chi connectivity index (χ4v) is 2.49. The molecule has 0 atom stereocenters. The summed E-state index contributed by atoms with van der Waals surface area (Å²) in [5, 5.41) is 0. The normalized spacial score (nSPS) is 18.6. The highest BCUT2D eigenvalue weighted by atomic mass is 14.2. The lowest BCUT2D eigenvalue weighted by Crippen LogP contribution is -2.05. The third-order valence-corrected chi connectivity index (χ3v) is 3.49. The second-order valence-electron chi connectivity index (χ2n) is 4.88. The van der Waals surface area contributed by atoms with Crippen molar-refractivity contribution in [3.8, 4) is 0 Å². The molecule has 0 heterocycles. The largest absolute Gasteiger partial charge is 0.0654 e. The topological polar surface area (TPSA) is 0 Å². The summed E-state index contributed by atoms with van der Waals surface area (Å²) in [6, 6.07) is 0. The van der Waals surface area contributed by atoms with Gasteiger partial charge in [-0.2, -0.15) is 0 Å². The monoisotopic (exact) mass is 195 g/mol. The Morgan fingerprint density at radius 1 is 1.00 bits per heavy atom. The number of hydrogen-bond donors (Lipinski definition) is 0. The van der Waals surface area contributed by atoms with E-state index in [1.54, 1.807) is 0 Å². The van der Waals surface area contributed by atoms with Crippen LogP contribution in [-0.4, -0.2) is 0 Å². The van der Waals surface area contributed by atoms with Crippen molar-refractivity contribution in [1.29, 1.82) is 0 Å². The van der Waals surface area contributed by atoms with E-state index >= 15 is 0 Å². The van der Waals surface area contributed by atoms with Crippen LogP contribution < -0.4 is 0 Å². The van der Waals surface area contributed by atoms with Crippen molar-refractivity contribution in [2.45, 2.75) is 77.6 Å². The molecule has 0 aromatic rings. The molecule has 0 heteroatoms. The third-order valence-electron chi connectivity index (χ3n) is 3.49. The second-order valence-corrected chi connectivity index (χ2v) is 4.88. The highest BCUT2D eigenvalue weighted by Gasteiger charge is 2.12. The predicted octanol–water partition coefficient (Wildman–Crippen LogP) is 5.13. The summed E-state index contributed by atoms with van der Waals surface area (Å²) < 4.78 is 0. The van der Waals surface area contributed by atoms with E-state index in [2.05, 4.69) is 13.3 Å². The average Bonchev–Trinajstić information content (AvgIpc) is 2.25. The number of hydrogen-bond acceptors (Lipinski definition) is 0. The Morgan fingerprint density at radius 2 is 1.79 bits per heavy atom. The van der Waals surface area contributed by atoms with Gasteiger partial charge in [-0.1, -0.05) is 71.1 Å². The molecule has 1 fully saturated rings. The highest BCUT2D eigenvalue weighted by molar-refractivity contribution is 4.74. The molecule has 1 aliphatic carbocycles. The van der Waals surface area contributed by atoms with Gasteiger partial charge in [-0.3, -0.25) is 0 Å². The molecule has 14 heavy (non-hydrogen) atoms. The maximum atomic E-state index is 2.56. The Labute approximate surface area is 90.5 Å². The summed E-state index contributed by atoms with van der Waals surface area (Å²) >= 11 is 0. The molecule has 0 saturated heterocycles. The van der Waals surface area contributed by atoms with E-state index in [0.29, 0.717) is 0 Å². The van der Waals surface area contributed by atoms with Crippen LogP contribution in [0.4, 0.5) is 0 Å². The Bertz CT molecular complexity index is 111. The van der Waals surface area contributed by atoms with Crippen LogP contribution in [0.25, 0.3) is 0 Å². The van der Waals surface area contributed by atoms with Crippen LogP contribution in [0.2, 0.25) is 0 Å². The first kappa shape index (κ1) is 12.1. The van der Waals surface area contributed by atoms with Gasteiger partial charge >= 0.3 is 0 Å². The first-order chi connectivity index (χ1) is 6.93. The minimum Gasteiger partial charge on any atom is -0.0654 e. The Hall–Kier alpha value is 0. The summed E-state index contributed by atoms with van der Waals surface area (Å²) in [7, 11) is 0. The van der Waals surface area contributed by atoms with Gasteiger partial charge in [-0.25, -0.2) is 0 Å². The first-order valence-corrected chi connectivity index (χ1v) is 6.75. The van der Waals surface area contributed by atoms with E-state index in [1.807, 2.05) is 0 Å². The lowest BCUT2D eigenvalue weighted by molar-refractivity contribution is 0.351. The molecule has 0 N–H and O–H groups in total. The lowest BCUT2D eigenvalue weighted by atomic mass is 9.85. The summed E-state index contributed by atoms with van der Waals surface area (Å²) in [4.78, 5) is 0. The molecule has 0 aromatic carbocycles. The van der Waals surface area contributed by atoms with Gasteiger partial charge in [0.25, 0.3) is 0 Å². The van der Waals surface area contributed by atoms with Gasteiger partial charge < -0.3 is 0 Å². The van der Waals surface area contributed by atoms with Crippen molar-refractivity contribution < 1.29 is 0 Å². The maximum absolute atomic E-state index is 2.56. The van der Waals surface area contributed by atoms with Crippen LogP contribution in [0, 0.1) is 12.3 Å². The average molecular weight is 195 g/mol. The van der Waals surface area contributed by atoms with E-state index in [1.165, 1.54) is 70.6 Å². The van der Waals surface area contributed by atoms with Gasteiger partial charge in [-0.05, 0) is 18.8 Å². The van der Waals surface area contributed by atoms with Gasteiger partial charge in [-0.15, -0.1) is 0 Å². The number of rotatable bonds is 7. The maximum Gasteiger partial charge on any atom is -0.0383 e. The quantitative estimate of drug-likeness (QED) is 0.494. The molecule has 0 spiro atoms. The van der Waals surface area contributed by atoms with Crippen molar-refractivity contribution in [2.75, 3.05) is 0 Å². The predicted molar refractivity (Wildman–Crippen MR) is 64.3 cm³/mol. The molecule has 0 amide bonds. The van der Waals surface area contributed by atoms with Crippen LogP contribution in [0.15, 0.2) is 0 Å². The Kier molecular flexibility index (Phi) is 7.17. The molecule has 0 nitrogen and oxygen atoms in total. The van der Waals surface area contributed by atoms with E-state index in [4.69, 9.17) is 0 Å². The van der Waals surface area contributed by atoms with Gasteiger partial charge in [0, 0.05) is 0 Å². The molecule has 0 bridgehead atoms. The molecular formula is C14H27. The SMILES string of the molecule is CCCCCC[CH]CC1CCCCC1. The van der Waals surface area contributed by atoms with Crippen molar-refractivity contribution in [3.63, 3.8) is 0 Å². The van der Waals surface area contributed by atoms with E-state index in [-0.39, 0.29) is 0 Å². The minimum absolute atomic E-state index is 1.05. The summed E-state index contributed by atoms with van der Waals surface area (Å²) in [6.07, 6.45) is 18.5. The molecule has 83 valence electrons. The first-order valence-electron chi connectivity index (χ1n) is 6.75. The summed E-state index contributed by atoms with van der Waals surface area (Å²) in [5.41, 5.74) is 0. The van der Waals surface area contributed by atoms with Crippen LogP contribution in [0.1, 0.15) is 77.6 Å². The standard InChI is InChI=1S/C14H27/c1-2-3-4-5-6-8-11-14-12-9-7-10-13-14/h8,14H,2-7,9-13H2,1H3. The second kappa shape index (κ2) is 8.32. The smallest absolute Gasteiger partial charge is 0.0383 e. The van der Waals surface area contributed by atoms with E-state index in [9.17, 15) is 0 Å². The zero-order valence-corrected chi connectivity index (χ0v) is 9.93. The van der Waals surface area contributed by atoms with Crippen LogP contribution in [0.3, 0.4) is 0 Å². The molecule has 1 aliphatic rings. The van der Waals surface area contributed by atoms with Gasteiger partial charge in [0.05, 0.1) is 0 Å². The lowest BCUT2D eigenvalue weighted by Gasteiger charge is -2.21. The molecule has 1 rings (SSSR count). The summed E-state index contributed by atoms with van der Waals surface area (Å²) in [5.74, 6) is 1.05. The zero-order valence-electron chi connectivity index (χ0n) is 9.93. The fourth-order valence-electron chi connectivity index (χ4n) is 2.49. The highest BCUT2D eigenvalue weighted by Crippen LogP contribution is 2.27. The van der Waals surface area contributed by atoms with Crippen LogP contribution >= 0.6 is 0 Å². The molecule has 1 radical (unpaired) electrons. The molecule has 0 aromatic heterocycles.